The molecule has 0 fully saturated rings. The van der Waals surface area contributed by atoms with Crippen LogP contribution >= 0.6 is 11.3 Å². The summed E-state index contributed by atoms with van der Waals surface area (Å²) < 4.78 is 5.59. The average molecular weight is 361 g/mol. The van der Waals surface area contributed by atoms with Gasteiger partial charge in [-0.2, -0.15) is 0 Å². The van der Waals surface area contributed by atoms with E-state index in [0.29, 0.717) is 22.7 Å². The smallest absolute Gasteiger partial charge is 0.268 e. The van der Waals surface area contributed by atoms with Gasteiger partial charge in [0.05, 0.1) is 12.2 Å². The number of amides is 2. The SMILES string of the molecule is CCCCOc1ccc(C(=O)Nc2sccc2C(=O)NN(C)C)cc1. The number of rotatable bonds is 8. The number of hydrazine groups is 1. The summed E-state index contributed by atoms with van der Waals surface area (Å²) >= 11 is 1.31. The number of thiophene rings is 1. The van der Waals surface area contributed by atoms with E-state index < -0.39 is 0 Å². The summed E-state index contributed by atoms with van der Waals surface area (Å²) in [4.78, 5) is 24.5. The molecule has 2 N–H and O–H groups in total. The lowest BCUT2D eigenvalue weighted by molar-refractivity contribution is 0.0858. The molecule has 0 radical (unpaired) electrons. The summed E-state index contributed by atoms with van der Waals surface area (Å²) in [5, 5.41) is 6.64. The summed E-state index contributed by atoms with van der Waals surface area (Å²) in [6, 6.07) is 8.66. The Hall–Kier alpha value is -2.38. The molecule has 0 atom stereocenters. The van der Waals surface area contributed by atoms with Gasteiger partial charge < -0.3 is 10.1 Å². The fourth-order valence-electron chi connectivity index (χ4n) is 2.06. The Morgan fingerprint density at radius 1 is 1.12 bits per heavy atom. The van der Waals surface area contributed by atoms with Gasteiger partial charge in [-0.3, -0.25) is 15.0 Å². The highest BCUT2D eigenvalue weighted by Gasteiger charge is 2.16. The van der Waals surface area contributed by atoms with Gasteiger partial charge in [-0.05, 0) is 42.1 Å². The molecule has 2 rings (SSSR count). The topological polar surface area (TPSA) is 70.7 Å². The minimum atomic E-state index is -0.263. The van der Waals surface area contributed by atoms with Crippen LogP contribution in [0.3, 0.4) is 0 Å². The minimum absolute atomic E-state index is 0.263. The van der Waals surface area contributed by atoms with Crippen molar-refractivity contribution in [3.05, 3.63) is 46.8 Å². The van der Waals surface area contributed by atoms with E-state index in [-0.39, 0.29) is 11.8 Å². The molecule has 134 valence electrons. The maximum absolute atomic E-state index is 12.4. The van der Waals surface area contributed by atoms with Crippen molar-refractivity contribution in [1.29, 1.82) is 0 Å². The van der Waals surface area contributed by atoms with Crippen molar-refractivity contribution < 1.29 is 14.3 Å². The molecule has 0 unspecified atom stereocenters. The number of unbranched alkanes of at least 4 members (excludes halogenated alkanes) is 1. The highest BCUT2D eigenvalue weighted by molar-refractivity contribution is 7.14. The Labute approximate surface area is 151 Å². The Balaban J connectivity index is 2.00. The van der Waals surface area contributed by atoms with Crippen LogP contribution in [0.15, 0.2) is 35.7 Å². The number of hydrogen-bond acceptors (Lipinski definition) is 5. The van der Waals surface area contributed by atoms with Gasteiger partial charge >= 0.3 is 0 Å². The first-order valence-corrected chi connectivity index (χ1v) is 8.99. The van der Waals surface area contributed by atoms with Crippen molar-refractivity contribution in [2.45, 2.75) is 19.8 Å². The first-order chi connectivity index (χ1) is 12.0. The summed E-state index contributed by atoms with van der Waals surface area (Å²) in [7, 11) is 3.46. The molecule has 0 saturated heterocycles. The molecule has 6 nitrogen and oxygen atoms in total. The lowest BCUT2D eigenvalue weighted by Crippen LogP contribution is -2.36. The van der Waals surface area contributed by atoms with Crippen molar-refractivity contribution in [2.75, 3.05) is 26.0 Å². The Kier molecular flexibility index (Phi) is 6.97. The number of hydrogen-bond donors (Lipinski definition) is 2. The molecule has 0 aliphatic carbocycles. The quantitative estimate of drug-likeness (QED) is 0.558. The van der Waals surface area contributed by atoms with E-state index in [1.807, 2.05) is 0 Å². The van der Waals surface area contributed by atoms with Crippen LogP contribution < -0.4 is 15.5 Å². The molecule has 25 heavy (non-hydrogen) atoms. The van der Waals surface area contributed by atoms with Gasteiger partial charge in [0, 0.05) is 19.7 Å². The van der Waals surface area contributed by atoms with Gasteiger partial charge in [-0.1, -0.05) is 13.3 Å². The summed E-state index contributed by atoms with van der Waals surface area (Å²) in [6.45, 7) is 2.77. The Morgan fingerprint density at radius 3 is 2.48 bits per heavy atom. The van der Waals surface area contributed by atoms with Crippen LogP contribution in [0.25, 0.3) is 0 Å². The molecule has 0 spiro atoms. The molecule has 1 aromatic carbocycles. The lowest BCUT2D eigenvalue weighted by Gasteiger charge is -2.12. The van der Waals surface area contributed by atoms with Gasteiger partial charge in [0.25, 0.3) is 11.8 Å². The second kappa shape index (κ2) is 9.19. The van der Waals surface area contributed by atoms with Gasteiger partial charge in [-0.25, -0.2) is 5.01 Å². The van der Waals surface area contributed by atoms with Crippen molar-refractivity contribution in [1.82, 2.24) is 10.4 Å². The fourth-order valence-corrected chi connectivity index (χ4v) is 2.84. The van der Waals surface area contributed by atoms with E-state index in [1.165, 1.54) is 11.3 Å². The number of nitrogens with zero attached hydrogens (tertiary/aromatic N) is 1. The zero-order valence-electron chi connectivity index (χ0n) is 14.7. The van der Waals surface area contributed by atoms with E-state index in [1.54, 1.807) is 54.8 Å². The van der Waals surface area contributed by atoms with E-state index in [4.69, 9.17) is 4.74 Å². The number of carbonyl (C=O) groups excluding carboxylic acids is 2. The largest absolute Gasteiger partial charge is 0.494 e. The highest BCUT2D eigenvalue weighted by Crippen LogP contribution is 2.24. The first kappa shape index (κ1) is 19.0. The summed E-state index contributed by atoms with van der Waals surface area (Å²) in [6.07, 6.45) is 2.07. The van der Waals surface area contributed by atoms with Gasteiger partial charge in [0.1, 0.15) is 10.8 Å². The third-order valence-corrected chi connectivity index (χ3v) is 4.18. The van der Waals surface area contributed by atoms with E-state index >= 15 is 0 Å². The molecule has 2 aromatic rings. The molecule has 7 heteroatoms. The standard InChI is InChI=1S/C18H23N3O3S/c1-4-5-11-24-14-8-6-13(7-9-14)16(22)19-18-15(10-12-25-18)17(23)20-21(2)3/h6-10,12H,4-5,11H2,1-3H3,(H,19,22)(H,20,23). The van der Waals surface area contributed by atoms with Gasteiger partial charge in [0.2, 0.25) is 0 Å². The van der Waals surface area contributed by atoms with Crippen LogP contribution in [0.2, 0.25) is 0 Å². The minimum Gasteiger partial charge on any atom is -0.494 e. The number of nitrogens with one attached hydrogen (secondary N) is 2. The third kappa shape index (κ3) is 5.58. The molecular weight excluding hydrogens is 338 g/mol. The Morgan fingerprint density at radius 2 is 1.84 bits per heavy atom. The normalized spacial score (nSPS) is 10.6. The number of benzene rings is 1. The zero-order chi connectivity index (χ0) is 18.2. The summed E-state index contributed by atoms with van der Waals surface area (Å²) in [5.74, 6) is 0.217. The second-order valence-corrected chi connectivity index (χ2v) is 6.60. The van der Waals surface area contributed by atoms with Crippen LogP contribution in [0.5, 0.6) is 5.75 Å². The van der Waals surface area contributed by atoms with Crippen LogP contribution in [-0.2, 0) is 0 Å². The first-order valence-electron chi connectivity index (χ1n) is 8.11. The molecule has 1 aromatic heterocycles. The van der Waals surface area contributed by atoms with E-state index in [0.717, 1.165) is 18.6 Å². The molecular formula is C18H23N3O3S. The monoisotopic (exact) mass is 361 g/mol. The number of anilines is 1. The van der Waals surface area contributed by atoms with Crippen molar-refractivity contribution in [3.8, 4) is 5.75 Å². The fraction of sp³-hybridized carbons (Fsp3) is 0.333. The van der Waals surface area contributed by atoms with E-state index in [9.17, 15) is 9.59 Å². The molecule has 2 amide bonds. The van der Waals surface area contributed by atoms with Crippen molar-refractivity contribution in [2.24, 2.45) is 0 Å². The maximum Gasteiger partial charge on any atom is 0.268 e. The highest BCUT2D eigenvalue weighted by atomic mass is 32.1. The molecule has 0 aliphatic rings. The van der Waals surface area contributed by atoms with E-state index in [2.05, 4.69) is 17.7 Å². The van der Waals surface area contributed by atoms with Gasteiger partial charge in [-0.15, -0.1) is 11.3 Å². The molecule has 0 bridgehead atoms. The predicted octanol–water partition coefficient (Wildman–Crippen LogP) is 3.39. The van der Waals surface area contributed by atoms with Crippen LogP contribution in [0.4, 0.5) is 5.00 Å². The van der Waals surface area contributed by atoms with Crippen LogP contribution in [0.1, 0.15) is 40.5 Å². The number of carbonyl (C=O) groups is 2. The van der Waals surface area contributed by atoms with Crippen molar-refractivity contribution in [3.63, 3.8) is 0 Å². The lowest BCUT2D eigenvalue weighted by atomic mass is 10.2. The van der Waals surface area contributed by atoms with Crippen LogP contribution in [-0.4, -0.2) is 37.5 Å². The molecule has 0 aliphatic heterocycles. The Bertz CT molecular complexity index is 711. The predicted molar refractivity (Wildman–Crippen MR) is 100 cm³/mol. The molecule has 1 heterocycles. The summed E-state index contributed by atoms with van der Waals surface area (Å²) in [5.41, 5.74) is 3.61. The second-order valence-electron chi connectivity index (χ2n) is 5.68. The third-order valence-electron chi connectivity index (χ3n) is 3.35. The maximum atomic E-state index is 12.4. The zero-order valence-corrected chi connectivity index (χ0v) is 15.5. The molecule has 0 saturated carbocycles. The van der Waals surface area contributed by atoms with Crippen molar-refractivity contribution >= 4 is 28.2 Å². The van der Waals surface area contributed by atoms with Crippen LogP contribution in [0, 0.1) is 0 Å². The van der Waals surface area contributed by atoms with Gasteiger partial charge in [0.15, 0.2) is 0 Å². The average Bonchev–Trinajstić information content (AvgIpc) is 3.03. The number of ether oxygens (including phenoxy) is 1.